The summed E-state index contributed by atoms with van der Waals surface area (Å²) in [6.45, 7) is 2.47. The first kappa shape index (κ1) is 11.9. The number of ether oxygens (including phenoxy) is 1. The van der Waals surface area contributed by atoms with Crippen molar-refractivity contribution in [1.29, 1.82) is 0 Å². The van der Waals surface area contributed by atoms with Gasteiger partial charge in [-0.3, -0.25) is 9.59 Å². The van der Waals surface area contributed by atoms with Crippen LogP contribution in [-0.2, 0) is 14.3 Å². The molecular weight excluding hydrogens is 198 g/mol. The summed E-state index contributed by atoms with van der Waals surface area (Å²) in [6, 6.07) is 0. The van der Waals surface area contributed by atoms with Gasteiger partial charge in [0.1, 0.15) is 0 Å². The maximum absolute atomic E-state index is 11.3. The van der Waals surface area contributed by atoms with E-state index in [1.165, 1.54) is 0 Å². The smallest absolute Gasteiger partial charge is 0.222 e. The van der Waals surface area contributed by atoms with E-state index in [2.05, 4.69) is 10.6 Å². The molecule has 0 spiro atoms. The number of primary amides is 1. The molecule has 1 aliphatic heterocycles. The second kappa shape index (κ2) is 6.36. The van der Waals surface area contributed by atoms with E-state index in [9.17, 15) is 9.59 Å². The zero-order valence-electron chi connectivity index (χ0n) is 8.62. The Labute approximate surface area is 88.5 Å². The van der Waals surface area contributed by atoms with E-state index in [1.54, 1.807) is 0 Å². The van der Waals surface area contributed by atoms with Crippen molar-refractivity contribution in [3.63, 3.8) is 0 Å². The Balaban J connectivity index is 2.09. The molecule has 86 valence electrons. The molecule has 15 heavy (non-hydrogen) atoms. The van der Waals surface area contributed by atoms with Gasteiger partial charge in [0, 0.05) is 26.1 Å². The lowest BCUT2D eigenvalue weighted by Gasteiger charge is -2.22. The molecule has 0 aromatic carbocycles. The van der Waals surface area contributed by atoms with Crippen LogP contribution in [-0.4, -0.2) is 44.2 Å². The van der Waals surface area contributed by atoms with Gasteiger partial charge in [-0.25, -0.2) is 0 Å². The predicted molar refractivity (Wildman–Crippen MR) is 54.0 cm³/mol. The summed E-state index contributed by atoms with van der Waals surface area (Å²) in [5.74, 6) is -0.518. The van der Waals surface area contributed by atoms with E-state index in [4.69, 9.17) is 10.5 Å². The molecule has 4 N–H and O–H groups in total. The van der Waals surface area contributed by atoms with E-state index in [0.29, 0.717) is 26.1 Å². The molecule has 1 unspecified atom stereocenters. The zero-order chi connectivity index (χ0) is 11.1. The minimum Gasteiger partial charge on any atom is -0.375 e. The summed E-state index contributed by atoms with van der Waals surface area (Å²) < 4.78 is 5.36. The molecular formula is C9H17N3O3. The van der Waals surface area contributed by atoms with E-state index in [0.717, 1.165) is 6.54 Å². The van der Waals surface area contributed by atoms with Gasteiger partial charge < -0.3 is 21.1 Å². The lowest BCUT2D eigenvalue weighted by molar-refractivity contribution is -0.124. The van der Waals surface area contributed by atoms with Crippen molar-refractivity contribution in [2.24, 2.45) is 5.73 Å². The number of hydrogen-bond donors (Lipinski definition) is 3. The first-order valence-electron chi connectivity index (χ1n) is 5.06. The third kappa shape index (κ3) is 5.34. The predicted octanol–water partition coefficient (Wildman–Crippen LogP) is -1.64. The van der Waals surface area contributed by atoms with Gasteiger partial charge in [0.2, 0.25) is 11.8 Å². The standard InChI is InChI=1S/C9H17N3O3/c10-8(13)1-2-12-9(14)5-7-6-11-3-4-15-7/h7,11H,1-6H2,(H2,10,13)(H,12,14). The molecule has 0 saturated carbocycles. The molecule has 1 saturated heterocycles. The largest absolute Gasteiger partial charge is 0.375 e. The van der Waals surface area contributed by atoms with Gasteiger partial charge in [-0.1, -0.05) is 0 Å². The molecule has 0 bridgehead atoms. The van der Waals surface area contributed by atoms with Crippen LogP contribution >= 0.6 is 0 Å². The van der Waals surface area contributed by atoms with Crippen molar-refractivity contribution in [3.8, 4) is 0 Å². The topological polar surface area (TPSA) is 93.5 Å². The Morgan fingerprint density at radius 2 is 2.33 bits per heavy atom. The van der Waals surface area contributed by atoms with Crippen molar-refractivity contribution in [2.75, 3.05) is 26.2 Å². The zero-order valence-corrected chi connectivity index (χ0v) is 8.62. The van der Waals surface area contributed by atoms with Crippen LogP contribution in [0, 0.1) is 0 Å². The van der Waals surface area contributed by atoms with E-state index < -0.39 is 5.91 Å². The number of carbonyl (C=O) groups is 2. The highest BCUT2D eigenvalue weighted by molar-refractivity contribution is 5.78. The Morgan fingerprint density at radius 3 is 2.93 bits per heavy atom. The molecule has 6 nitrogen and oxygen atoms in total. The molecule has 1 fully saturated rings. The number of carbonyl (C=O) groups excluding carboxylic acids is 2. The molecule has 1 heterocycles. The maximum Gasteiger partial charge on any atom is 0.222 e. The van der Waals surface area contributed by atoms with Crippen LogP contribution in [0.2, 0.25) is 0 Å². The lowest BCUT2D eigenvalue weighted by atomic mass is 10.2. The SMILES string of the molecule is NC(=O)CCNC(=O)CC1CNCCO1. The van der Waals surface area contributed by atoms with Crippen LogP contribution in [0.5, 0.6) is 0 Å². The first-order valence-corrected chi connectivity index (χ1v) is 5.06. The average molecular weight is 215 g/mol. The van der Waals surface area contributed by atoms with Gasteiger partial charge >= 0.3 is 0 Å². The fourth-order valence-corrected chi connectivity index (χ4v) is 1.35. The summed E-state index contributed by atoms with van der Waals surface area (Å²) in [5.41, 5.74) is 4.94. The highest BCUT2D eigenvalue weighted by Crippen LogP contribution is 2.00. The highest BCUT2D eigenvalue weighted by Gasteiger charge is 2.16. The minimum atomic E-state index is -0.411. The molecule has 0 aromatic rings. The summed E-state index contributed by atoms with van der Waals surface area (Å²) in [4.78, 5) is 21.7. The molecule has 0 aliphatic carbocycles. The van der Waals surface area contributed by atoms with Gasteiger partial charge in [0.25, 0.3) is 0 Å². The number of amides is 2. The third-order valence-corrected chi connectivity index (χ3v) is 2.11. The van der Waals surface area contributed by atoms with Gasteiger partial charge in [0.15, 0.2) is 0 Å². The van der Waals surface area contributed by atoms with Crippen molar-refractivity contribution >= 4 is 11.8 Å². The molecule has 1 rings (SSSR count). The normalized spacial score (nSPS) is 20.9. The van der Waals surface area contributed by atoms with E-state index in [-0.39, 0.29) is 18.4 Å². The summed E-state index contributed by atoms with van der Waals surface area (Å²) in [7, 11) is 0. The minimum absolute atomic E-state index is 0.0627. The maximum atomic E-state index is 11.3. The molecule has 0 radical (unpaired) electrons. The van der Waals surface area contributed by atoms with Gasteiger partial charge in [-0.15, -0.1) is 0 Å². The van der Waals surface area contributed by atoms with Crippen molar-refractivity contribution in [3.05, 3.63) is 0 Å². The molecule has 6 heteroatoms. The first-order chi connectivity index (χ1) is 7.18. The van der Waals surface area contributed by atoms with Gasteiger partial charge in [-0.2, -0.15) is 0 Å². The number of nitrogens with one attached hydrogen (secondary N) is 2. The molecule has 2 amide bonds. The van der Waals surface area contributed by atoms with Crippen LogP contribution < -0.4 is 16.4 Å². The van der Waals surface area contributed by atoms with Crippen LogP contribution in [0.4, 0.5) is 0 Å². The quantitative estimate of drug-likeness (QED) is 0.512. The van der Waals surface area contributed by atoms with Crippen LogP contribution in [0.1, 0.15) is 12.8 Å². The lowest BCUT2D eigenvalue weighted by Crippen LogP contribution is -2.41. The second-order valence-electron chi connectivity index (χ2n) is 3.47. The Kier molecular flexibility index (Phi) is 5.06. The van der Waals surface area contributed by atoms with E-state index >= 15 is 0 Å². The fourth-order valence-electron chi connectivity index (χ4n) is 1.35. The average Bonchev–Trinajstić information content (AvgIpc) is 2.18. The second-order valence-corrected chi connectivity index (χ2v) is 3.47. The number of morpholine rings is 1. The fraction of sp³-hybridized carbons (Fsp3) is 0.778. The number of rotatable bonds is 5. The number of nitrogens with two attached hydrogens (primary N) is 1. The van der Waals surface area contributed by atoms with Crippen molar-refractivity contribution in [1.82, 2.24) is 10.6 Å². The van der Waals surface area contributed by atoms with Gasteiger partial charge in [0.05, 0.1) is 19.1 Å². The van der Waals surface area contributed by atoms with Crippen LogP contribution in [0.3, 0.4) is 0 Å². The Morgan fingerprint density at radius 1 is 1.53 bits per heavy atom. The summed E-state index contributed by atoms with van der Waals surface area (Å²) in [5, 5.41) is 5.75. The van der Waals surface area contributed by atoms with Crippen molar-refractivity contribution in [2.45, 2.75) is 18.9 Å². The summed E-state index contributed by atoms with van der Waals surface area (Å²) in [6.07, 6.45) is 0.439. The molecule has 1 aliphatic rings. The molecule has 1 atom stereocenters. The monoisotopic (exact) mass is 215 g/mol. The molecule has 0 aromatic heterocycles. The van der Waals surface area contributed by atoms with Crippen LogP contribution in [0.25, 0.3) is 0 Å². The summed E-state index contributed by atoms with van der Waals surface area (Å²) >= 11 is 0. The van der Waals surface area contributed by atoms with Crippen molar-refractivity contribution < 1.29 is 14.3 Å². The van der Waals surface area contributed by atoms with Crippen LogP contribution in [0.15, 0.2) is 0 Å². The Hall–Kier alpha value is -1.14. The number of hydrogen-bond acceptors (Lipinski definition) is 4. The Bertz CT molecular complexity index is 227. The van der Waals surface area contributed by atoms with Gasteiger partial charge in [-0.05, 0) is 0 Å². The third-order valence-electron chi connectivity index (χ3n) is 2.11. The van der Waals surface area contributed by atoms with E-state index in [1.807, 2.05) is 0 Å². The highest BCUT2D eigenvalue weighted by atomic mass is 16.5.